The number of methoxy groups -OCH3 is 1. The van der Waals surface area contributed by atoms with Gasteiger partial charge < -0.3 is 19.7 Å². The molecule has 2 heterocycles. The van der Waals surface area contributed by atoms with Crippen LogP contribution in [0.3, 0.4) is 0 Å². The Hall–Kier alpha value is -2.44. The number of amides is 1. The monoisotopic (exact) mass is 328 g/mol. The number of carbonyl (C=O) groups is 2. The molecule has 0 bridgehead atoms. The van der Waals surface area contributed by atoms with E-state index in [1.165, 1.54) is 0 Å². The fraction of sp³-hybridized carbons (Fsp3) is 0.333. The SMILES string of the molecule is CO[C@@H]1C[C@@H](CO)N(C(=O)c2ccc(C(=O)c3cc[nH]c3)cc2)C1. The van der Waals surface area contributed by atoms with E-state index in [-0.39, 0.29) is 30.4 Å². The average molecular weight is 328 g/mol. The van der Waals surface area contributed by atoms with Crippen molar-refractivity contribution in [1.29, 1.82) is 0 Å². The van der Waals surface area contributed by atoms with Crippen molar-refractivity contribution in [3.63, 3.8) is 0 Å². The van der Waals surface area contributed by atoms with Crippen molar-refractivity contribution in [2.24, 2.45) is 0 Å². The molecule has 0 aliphatic carbocycles. The van der Waals surface area contributed by atoms with Crippen LogP contribution in [0.1, 0.15) is 32.7 Å². The van der Waals surface area contributed by atoms with E-state index in [1.54, 1.807) is 54.7 Å². The van der Waals surface area contributed by atoms with Gasteiger partial charge in [0.1, 0.15) is 0 Å². The first-order valence-electron chi connectivity index (χ1n) is 7.86. The van der Waals surface area contributed by atoms with Gasteiger partial charge in [0.15, 0.2) is 5.78 Å². The minimum absolute atomic E-state index is 0.0551. The normalized spacial score (nSPS) is 20.3. The molecule has 2 atom stereocenters. The summed E-state index contributed by atoms with van der Waals surface area (Å²) in [6.45, 7) is 0.375. The second-order valence-corrected chi connectivity index (χ2v) is 5.89. The van der Waals surface area contributed by atoms with Gasteiger partial charge in [0.25, 0.3) is 5.91 Å². The molecular formula is C18H20N2O4. The molecule has 1 aromatic carbocycles. The van der Waals surface area contributed by atoms with Crippen LogP contribution in [0.4, 0.5) is 0 Å². The highest BCUT2D eigenvalue weighted by Crippen LogP contribution is 2.22. The van der Waals surface area contributed by atoms with Crippen molar-refractivity contribution >= 4 is 11.7 Å². The Morgan fingerprint density at radius 3 is 2.50 bits per heavy atom. The summed E-state index contributed by atoms with van der Waals surface area (Å²) in [5.74, 6) is -0.252. The van der Waals surface area contributed by atoms with Gasteiger partial charge in [-0.3, -0.25) is 9.59 Å². The van der Waals surface area contributed by atoms with Crippen LogP contribution in [-0.4, -0.2) is 59.1 Å². The van der Waals surface area contributed by atoms with Crippen LogP contribution in [0.15, 0.2) is 42.7 Å². The van der Waals surface area contributed by atoms with Gasteiger partial charge in [-0.2, -0.15) is 0 Å². The van der Waals surface area contributed by atoms with Crippen LogP contribution >= 0.6 is 0 Å². The van der Waals surface area contributed by atoms with Crippen LogP contribution < -0.4 is 0 Å². The van der Waals surface area contributed by atoms with Gasteiger partial charge in [-0.25, -0.2) is 0 Å². The highest BCUT2D eigenvalue weighted by Gasteiger charge is 2.35. The van der Waals surface area contributed by atoms with Gasteiger partial charge in [0, 0.05) is 42.7 Å². The first kappa shape index (κ1) is 16.4. The minimum Gasteiger partial charge on any atom is -0.394 e. The second kappa shape index (κ2) is 6.98. The lowest BCUT2D eigenvalue weighted by molar-refractivity contribution is 0.0647. The molecule has 1 aromatic heterocycles. The molecule has 1 aliphatic rings. The molecule has 1 amide bonds. The predicted octanol–water partition coefficient (Wildman–Crippen LogP) is 1.47. The lowest BCUT2D eigenvalue weighted by Gasteiger charge is -2.22. The highest BCUT2D eigenvalue weighted by atomic mass is 16.5. The summed E-state index contributed by atoms with van der Waals surface area (Å²) in [6, 6.07) is 8.08. The van der Waals surface area contributed by atoms with E-state index in [2.05, 4.69) is 4.98 Å². The fourth-order valence-corrected chi connectivity index (χ4v) is 3.03. The zero-order valence-electron chi connectivity index (χ0n) is 13.4. The standard InChI is InChI=1S/C18H20N2O4/c1-24-16-8-15(11-21)20(10-16)18(23)13-4-2-12(3-5-13)17(22)14-6-7-19-9-14/h2-7,9,15-16,19,21H,8,10-11H2,1H3/t15-,16+/m0/s1. The molecule has 2 aromatic rings. The van der Waals surface area contributed by atoms with E-state index < -0.39 is 0 Å². The molecule has 0 saturated carbocycles. The van der Waals surface area contributed by atoms with Crippen LogP contribution in [0.5, 0.6) is 0 Å². The molecule has 24 heavy (non-hydrogen) atoms. The number of ether oxygens (including phenoxy) is 1. The predicted molar refractivity (Wildman–Crippen MR) is 88.0 cm³/mol. The lowest BCUT2D eigenvalue weighted by atomic mass is 10.0. The Balaban J connectivity index is 1.75. The molecule has 6 heteroatoms. The molecule has 1 aliphatic heterocycles. The van der Waals surface area contributed by atoms with Gasteiger partial charge in [-0.05, 0) is 24.6 Å². The fourth-order valence-electron chi connectivity index (χ4n) is 3.03. The summed E-state index contributed by atoms with van der Waals surface area (Å²) in [7, 11) is 1.61. The highest BCUT2D eigenvalue weighted by molar-refractivity contribution is 6.09. The van der Waals surface area contributed by atoms with Gasteiger partial charge in [0.05, 0.1) is 18.8 Å². The maximum Gasteiger partial charge on any atom is 0.254 e. The Morgan fingerprint density at radius 1 is 1.21 bits per heavy atom. The van der Waals surface area contributed by atoms with E-state index in [0.717, 1.165) is 0 Å². The molecule has 0 unspecified atom stereocenters. The topological polar surface area (TPSA) is 82.6 Å². The number of aromatic amines is 1. The van der Waals surface area contributed by atoms with Gasteiger partial charge >= 0.3 is 0 Å². The largest absolute Gasteiger partial charge is 0.394 e. The zero-order chi connectivity index (χ0) is 17.1. The van der Waals surface area contributed by atoms with Crippen LogP contribution in [0, 0.1) is 0 Å². The molecule has 1 fully saturated rings. The Kier molecular flexibility index (Phi) is 4.78. The molecule has 6 nitrogen and oxygen atoms in total. The molecule has 0 radical (unpaired) electrons. The number of hydrogen-bond acceptors (Lipinski definition) is 4. The maximum absolute atomic E-state index is 12.7. The summed E-state index contributed by atoms with van der Waals surface area (Å²) in [5, 5.41) is 9.47. The van der Waals surface area contributed by atoms with Gasteiger partial charge in [0.2, 0.25) is 0 Å². The molecular weight excluding hydrogens is 308 g/mol. The van der Waals surface area contributed by atoms with E-state index >= 15 is 0 Å². The van der Waals surface area contributed by atoms with Crippen molar-refractivity contribution < 1.29 is 19.4 Å². The summed E-state index contributed by atoms with van der Waals surface area (Å²) in [6.07, 6.45) is 3.91. The number of carbonyl (C=O) groups excluding carboxylic acids is 2. The summed E-state index contributed by atoms with van der Waals surface area (Å²) >= 11 is 0. The van der Waals surface area contributed by atoms with Crippen LogP contribution in [0.2, 0.25) is 0 Å². The molecule has 1 saturated heterocycles. The number of nitrogens with one attached hydrogen (secondary N) is 1. The molecule has 2 N–H and O–H groups in total. The molecule has 126 valence electrons. The van der Waals surface area contributed by atoms with E-state index in [0.29, 0.717) is 29.7 Å². The number of aliphatic hydroxyl groups excluding tert-OH is 1. The van der Waals surface area contributed by atoms with Crippen LogP contribution in [-0.2, 0) is 4.74 Å². The lowest BCUT2D eigenvalue weighted by Crippen LogP contribution is -2.38. The number of aromatic nitrogens is 1. The smallest absolute Gasteiger partial charge is 0.254 e. The number of likely N-dealkylation sites (tertiary alicyclic amines) is 1. The Morgan fingerprint density at radius 2 is 1.92 bits per heavy atom. The van der Waals surface area contributed by atoms with E-state index in [9.17, 15) is 14.7 Å². The number of aliphatic hydroxyl groups is 1. The second-order valence-electron chi connectivity index (χ2n) is 5.89. The van der Waals surface area contributed by atoms with Crippen LogP contribution in [0.25, 0.3) is 0 Å². The third kappa shape index (κ3) is 3.11. The number of ketones is 1. The van der Waals surface area contributed by atoms with Crippen molar-refractivity contribution in [1.82, 2.24) is 9.88 Å². The third-order valence-electron chi connectivity index (χ3n) is 4.44. The summed E-state index contributed by atoms with van der Waals surface area (Å²) < 4.78 is 5.30. The van der Waals surface area contributed by atoms with Gasteiger partial charge in [-0.15, -0.1) is 0 Å². The summed E-state index contributed by atoms with van der Waals surface area (Å²) in [4.78, 5) is 29.4. The van der Waals surface area contributed by atoms with Gasteiger partial charge in [-0.1, -0.05) is 12.1 Å². The number of rotatable bonds is 5. The molecule has 0 spiro atoms. The van der Waals surface area contributed by atoms with E-state index in [4.69, 9.17) is 4.74 Å². The number of nitrogens with zero attached hydrogens (tertiary/aromatic N) is 1. The zero-order valence-corrected chi connectivity index (χ0v) is 13.4. The minimum atomic E-state index is -0.233. The average Bonchev–Trinajstić information content (AvgIpc) is 3.30. The Bertz CT molecular complexity index is 709. The number of H-pyrrole nitrogens is 1. The quantitative estimate of drug-likeness (QED) is 0.814. The summed E-state index contributed by atoms with van der Waals surface area (Å²) in [5.41, 5.74) is 1.61. The number of benzene rings is 1. The number of hydrogen-bond donors (Lipinski definition) is 2. The first-order chi connectivity index (χ1) is 11.6. The third-order valence-corrected chi connectivity index (χ3v) is 4.44. The van der Waals surface area contributed by atoms with Crippen molar-refractivity contribution in [3.8, 4) is 0 Å². The van der Waals surface area contributed by atoms with Crippen molar-refractivity contribution in [2.75, 3.05) is 20.3 Å². The first-order valence-corrected chi connectivity index (χ1v) is 7.86. The molecule has 3 rings (SSSR count). The Labute approximate surface area is 140 Å². The van der Waals surface area contributed by atoms with Crippen molar-refractivity contribution in [3.05, 3.63) is 59.4 Å². The van der Waals surface area contributed by atoms with Crippen molar-refractivity contribution in [2.45, 2.75) is 18.6 Å². The maximum atomic E-state index is 12.7. The van der Waals surface area contributed by atoms with E-state index in [1.807, 2.05) is 0 Å².